The Bertz CT molecular complexity index is 405. The zero-order chi connectivity index (χ0) is 12.3. The van der Waals surface area contributed by atoms with Crippen molar-refractivity contribution in [2.75, 3.05) is 23.3 Å². The molecule has 1 N–H and O–H groups in total. The largest absolute Gasteiger partial charge is 0.368 e. The van der Waals surface area contributed by atoms with Crippen molar-refractivity contribution in [3.8, 4) is 0 Å². The predicted octanol–water partition coefficient (Wildman–Crippen LogP) is 1.47. The standard InChI is InChI=1S/C12H18N4O/c1-9(2)15-11-6-12(14-8-13-11)16-5-3-4-10(17)7-16/h6,8-9H,3-5,7H2,1-2H3,(H,13,14,15). The van der Waals surface area contributed by atoms with E-state index >= 15 is 0 Å². The third kappa shape index (κ3) is 3.15. The fraction of sp³-hybridized carbons (Fsp3) is 0.583. The third-order valence-electron chi connectivity index (χ3n) is 2.66. The summed E-state index contributed by atoms with van der Waals surface area (Å²) in [6, 6.07) is 2.24. The average Bonchev–Trinajstić information content (AvgIpc) is 2.28. The lowest BCUT2D eigenvalue weighted by Crippen LogP contribution is -2.36. The van der Waals surface area contributed by atoms with E-state index in [0.29, 0.717) is 19.0 Å². The van der Waals surface area contributed by atoms with Crippen LogP contribution in [0, 0.1) is 0 Å². The van der Waals surface area contributed by atoms with Crippen LogP contribution in [0.4, 0.5) is 11.6 Å². The number of aromatic nitrogens is 2. The van der Waals surface area contributed by atoms with E-state index < -0.39 is 0 Å². The van der Waals surface area contributed by atoms with Crippen LogP contribution in [0.15, 0.2) is 12.4 Å². The Morgan fingerprint density at radius 1 is 1.41 bits per heavy atom. The molecule has 0 atom stereocenters. The molecule has 0 spiro atoms. The van der Waals surface area contributed by atoms with Gasteiger partial charge < -0.3 is 10.2 Å². The second-order valence-corrected chi connectivity index (χ2v) is 4.62. The van der Waals surface area contributed by atoms with Gasteiger partial charge in [-0.05, 0) is 20.3 Å². The highest BCUT2D eigenvalue weighted by Gasteiger charge is 2.18. The molecular formula is C12H18N4O. The van der Waals surface area contributed by atoms with Gasteiger partial charge in [-0.2, -0.15) is 0 Å². The number of carbonyl (C=O) groups is 1. The summed E-state index contributed by atoms with van der Waals surface area (Å²) in [4.78, 5) is 21.8. The molecule has 2 rings (SSSR count). The highest BCUT2D eigenvalue weighted by Crippen LogP contribution is 2.18. The van der Waals surface area contributed by atoms with Gasteiger partial charge in [0.25, 0.3) is 0 Å². The predicted molar refractivity (Wildman–Crippen MR) is 67.2 cm³/mol. The number of nitrogens with zero attached hydrogens (tertiary/aromatic N) is 3. The SMILES string of the molecule is CC(C)Nc1cc(N2CCCC(=O)C2)ncn1. The molecule has 17 heavy (non-hydrogen) atoms. The van der Waals surface area contributed by atoms with Crippen molar-refractivity contribution < 1.29 is 4.79 Å². The number of carbonyl (C=O) groups excluding carboxylic acids is 1. The summed E-state index contributed by atoms with van der Waals surface area (Å²) < 4.78 is 0. The van der Waals surface area contributed by atoms with E-state index in [9.17, 15) is 4.79 Å². The molecule has 0 aromatic carbocycles. The van der Waals surface area contributed by atoms with Gasteiger partial charge in [0.05, 0.1) is 6.54 Å². The molecule has 0 saturated carbocycles. The van der Waals surface area contributed by atoms with Gasteiger partial charge in [-0.3, -0.25) is 4.79 Å². The first kappa shape index (κ1) is 11.8. The number of nitrogens with one attached hydrogen (secondary N) is 1. The molecule has 0 amide bonds. The number of hydrogen-bond donors (Lipinski definition) is 1. The molecule has 1 aromatic heterocycles. The van der Waals surface area contributed by atoms with Crippen LogP contribution >= 0.6 is 0 Å². The molecule has 1 aromatic rings. The van der Waals surface area contributed by atoms with E-state index in [1.54, 1.807) is 6.33 Å². The first-order valence-electron chi connectivity index (χ1n) is 6.00. The highest BCUT2D eigenvalue weighted by atomic mass is 16.1. The van der Waals surface area contributed by atoms with Crippen molar-refractivity contribution in [1.29, 1.82) is 0 Å². The Balaban J connectivity index is 2.12. The van der Waals surface area contributed by atoms with Crippen molar-refractivity contribution in [3.05, 3.63) is 12.4 Å². The van der Waals surface area contributed by atoms with Crippen LogP contribution in [-0.2, 0) is 4.79 Å². The Morgan fingerprint density at radius 2 is 2.24 bits per heavy atom. The number of piperidine rings is 1. The quantitative estimate of drug-likeness (QED) is 0.858. The van der Waals surface area contributed by atoms with E-state index in [-0.39, 0.29) is 5.78 Å². The van der Waals surface area contributed by atoms with Crippen LogP contribution in [-0.4, -0.2) is 34.9 Å². The van der Waals surface area contributed by atoms with Crippen LogP contribution in [0.1, 0.15) is 26.7 Å². The molecule has 0 unspecified atom stereocenters. The summed E-state index contributed by atoms with van der Waals surface area (Å²) in [6.45, 7) is 5.49. The lowest BCUT2D eigenvalue weighted by atomic mass is 10.1. The number of anilines is 2. The van der Waals surface area contributed by atoms with E-state index in [2.05, 4.69) is 29.1 Å². The maximum atomic E-state index is 11.4. The molecule has 92 valence electrons. The minimum Gasteiger partial charge on any atom is -0.368 e. The molecule has 1 saturated heterocycles. The monoisotopic (exact) mass is 234 g/mol. The summed E-state index contributed by atoms with van der Waals surface area (Å²) >= 11 is 0. The van der Waals surface area contributed by atoms with Crippen molar-refractivity contribution in [2.24, 2.45) is 0 Å². The van der Waals surface area contributed by atoms with Gasteiger partial charge in [-0.1, -0.05) is 0 Å². The second kappa shape index (κ2) is 5.12. The minimum absolute atomic E-state index is 0.285. The van der Waals surface area contributed by atoms with Crippen molar-refractivity contribution in [3.63, 3.8) is 0 Å². The zero-order valence-corrected chi connectivity index (χ0v) is 10.3. The molecule has 0 radical (unpaired) electrons. The summed E-state index contributed by atoms with van der Waals surface area (Å²) in [5, 5.41) is 3.23. The van der Waals surface area contributed by atoms with Crippen molar-refractivity contribution in [2.45, 2.75) is 32.7 Å². The van der Waals surface area contributed by atoms with Gasteiger partial charge in [0.15, 0.2) is 5.78 Å². The van der Waals surface area contributed by atoms with Crippen molar-refractivity contribution >= 4 is 17.4 Å². The number of Topliss-reactive ketones (excluding diaryl/α,β-unsaturated/α-hetero) is 1. The molecule has 2 heterocycles. The van der Waals surface area contributed by atoms with E-state index in [0.717, 1.165) is 24.6 Å². The zero-order valence-electron chi connectivity index (χ0n) is 10.3. The summed E-state index contributed by atoms with van der Waals surface area (Å²) in [5.41, 5.74) is 0. The Kier molecular flexibility index (Phi) is 3.56. The van der Waals surface area contributed by atoms with Crippen LogP contribution in [0.5, 0.6) is 0 Å². The van der Waals surface area contributed by atoms with Crippen molar-refractivity contribution in [1.82, 2.24) is 9.97 Å². The van der Waals surface area contributed by atoms with Crippen LogP contribution in [0.25, 0.3) is 0 Å². The third-order valence-corrected chi connectivity index (χ3v) is 2.66. The van der Waals surface area contributed by atoms with Crippen LogP contribution < -0.4 is 10.2 Å². The number of ketones is 1. The maximum absolute atomic E-state index is 11.4. The maximum Gasteiger partial charge on any atom is 0.152 e. The van der Waals surface area contributed by atoms with Gasteiger partial charge in [0, 0.05) is 25.1 Å². The Hall–Kier alpha value is -1.65. The van der Waals surface area contributed by atoms with Gasteiger partial charge in [0.2, 0.25) is 0 Å². The number of rotatable bonds is 3. The summed E-state index contributed by atoms with van der Waals surface area (Å²) in [6.07, 6.45) is 3.15. The second-order valence-electron chi connectivity index (χ2n) is 4.62. The molecule has 0 aliphatic carbocycles. The van der Waals surface area contributed by atoms with Gasteiger partial charge in [-0.15, -0.1) is 0 Å². The first-order valence-corrected chi connectivity index (χ1v) is 6.00. The summed E-state index contributed by atoms with van der Waals surface area (Å²) in [5.74, 6) is 1.92. The van der Waals surface area contributed by atoms with Crippen LogP contribution in [0.2, 0.25) is 0 Å². The smallest absolute Gasteiger partial charge is 0.152 e. The fourth-order valence-corrected chi connectivity index (χ4v) is 1.93. The molecule has 1 aliphatic heterocycles. The number of hydrogen-bond acceptors (Lipinski definition) is 5. The Morgan fingerprint density at radius 3 is 2.94 bits per heavy atom. The van der Waals surface area contributed by atoms with E-state index in [4.69, 9.17) is 0 Å². The molecule has 1 aliphatic rings. The van der Waals surface area contributed by atoms with E-state index in [1.807, 2.05) is 11.0 Å². The van der Waals surface area contributed by atoms with Gasteiger partial charge in [-0.25, -0.2) is 9.97 Å². The van der Waals surface area contributed by atoms with E-state index in [1.165, 1.54) is 0 Å². The van der Waals surface area contributed by atoms with Crippen LogP contribution in [0.3, 0.4) is 0 Å². The molecular weight excluding hydrogens is 216 g/mol. The minimum atomic E-state index is 0.285. The molecule has 1 fully saturated rings. The highest BCUT2D eigenvalue weighted by molar-refractivity contribution is 5.84. The lowest BCUT2D eigenvalue weighted by molar-refractivity contribution is -0.118. The molecule has 0 bridgehead atoms. The topological polar surface area (TPSA) is 58.1 Å². The lowest BCUT2D eigenvalue weighted by Gasteiger charge is -2.26. The molecule has 5 nitrogen and oxygen atoms in total. The first-order chi connectivity index (χ1) is 8.15. The van der Waals surface area contributed by atoms with Gasteiger partial charge >= 0.3 is 0 Å². The van der Waals surface area contributed by atoms with Gasteiger partial charge in [0.1, 0.15) is 18.0 Å². The summed E-state index contributed by atoms with van der Waals surface area (Å²) in [7, 11) is 0. The normalized spacial score (nSPS) is 16.4. The Labute approximate surface area is 101 Å². The molecule has 5 heteroatoms. The fourth-order valence-electron chi connectivity index (χ4n) is 1.93. The average molecular weight is 234 g/mol.